The van der Waals surface area contributed by atoms with E-state index in [4.69, 9.17) is 28.3 Å². The molecule has 0 unspecified atom stereocenters. The van der Waals surface area contributed by atoms with Crippen LogP contribution in [-0.4, -0.2) is 108 Å². The molecule has 9 nitrogen and oxygen atoms in total. The predicted molar refractivity (Wildman–Crippen MR) is 195 cm³/mol. The second-order valence-electron chi connectivity index (χ2n) is 13.3. The zero-order chi connectivity index (χ0) is 35.0. The number of amides is 1. The van der Waals surface area contributed by atoms with Gasteiger partial charge in [-0.05, 0) is 74.2 Å². The molecule has 2 aromatic carbocycles. The maximum Gasteiger partial charge on any atom is 0.303 e. The van der Waals surface area contributed by atoms with Crippen molar-refractivity contribution < 1.29 is 24.3 Å². The highest BCUT2D eigenvalue weighted by Gasteiger charge is 2.28. The quantitative estimate of drug-likeness (QED) is 0.265. The summed E-state index contributed by atoms with van der Waals surface area (Å²) in [5.41, 5.74) is 1.12. The number of nitrogens with zero attached hydrogens (tertiary/aromatic N) is 3. The summed E-state index contributed by atoms with van der Waals surface area (Å²) in [5, 5.41) is 12.9. The van der Waals surface area contributed by atoms with Crippen LogP contribution in [0.1, 0.15) is 97.8 Å². The smallest absolute Gasteiger partial charge is 0.303 e. The van der Waals surface area contributed by atoms with Crippen LogP contribution in [0.25, 0.3) is 0 Å². The first-order valence-electron chi connectivity index (χ1n) is 18.0. The van der Waals surface area contributed by atoms with Crippen LogP contribution >= 0.6 is 23.2 Å². The Labute approximate surface area is 301 Å². The molecule has 2 N–H and O–H groups in total. The Hall–Kier alpha value is -2.82. The third-order valence-corrected chi connectivity index (χ3v) is 10.5. The largest absolute Gasteiger partial charge is 0.481 e. The number of hydrogen-bond donors (Lipinski definition) is 2. The van der Waals surface area contributed by atoms with Crippen molar-refractivity contribution in [3.63, 3.8) is 0 Å². The van der Waals surface area contributed by atoms with Gasteiger partial charge in [-0.1, -0.05) is 48.9 Å². The molecule has 268 valence electrons. The molecule has 2 saturated carbocycles. The summed E-state index contributed by atoms with van der Waals surface area (Å²) < 4.78 is 0. The summed E-state index contributed by atoms with van der Waals surface area (Å²) in [6, 6.07) is 14.9. The van der Waals surface area contributed by atoms with Gasteiger partial charge in [0.1, 0.15) is 0 Å². The number of carboxylic acid groups (broad SMARTS) is 1. The van der Waals surface area contributed by atoms with Crippen molar-refractivity contribution in [3.05, 3.63) is 69.7 Å². The first-order valence-corrected chi connectivity index (χ1v) is 18.7. The number of carbonyl (C=O) groups excluding carboxylic acids is 3. The lowest BCUT2D eigenvalue weighted by molar-refractivity contribution is -0.137. The van der Waals surface area contributed by atoms with E-state index in [0.29, 0.717) is 27.6 Å². The van der Waals surface area contributed by atoms with Crippen LogP contribution in [0, 0.1) is 0 Å². The molecule has 2 saturated heterocycles. The van der Waals surface area contributed by atoms with E-state index >= 15 is 0 Å². The van der Waals surface area contributed by atoms with Gasteiger partial charge in [0.25, 0.3) is 0 Å². The first-order chi connectivity index (χ1) is 23.7. The molecular formula is C38H52Cl2N4O5. The number of benzene rings is 2. The molecule has 4 fully saturated rings. The lowest BCUT2D eigenvalue weighted by Crippen LogP contribution is -2.51. The van der Waals surface area contributed by atoms with Crippen molar-refractivity contribution in [2.75, 3.05) is 52.4 Å². The predicted octanol–water partition coefficient (Wildman–Crippen LogP) is 6.61. The molecule has 0 spiro atoms. The first kappa shape index (κ1) is 39.0. The molecule has 4 aliphatic rings. The molecule has 6 rings (SSSR count). The van der Waals surface area contributed by atoms with Crippen molar-refractivity contribution in [2.45, 2.75) is 89.1 Å². The fraction of sp³-hybridized carbons (Fsp3) is 0.579. The Morgan fingerprint density at radius 2 is 1.00 bits per heavy atom. The molecular weight excluding hydrogens is 663 g/mol. The van der Waals surface area contributed by atoms with Crippen molar-refractivity contribution in [2.24, 2.45) is 0 Å². The molecule has 0 radical (unpaired) electrons. The maximum absolute atomic E-state index is 12.4. The molecule has 49 heavy (non-hydrogen) atoms. The summed E-state index contributed by atoms with van der Waals surface area (Å²) >= 11 is 11.5. The number of carbonyl (C=O) groups is 4. The summed E-state index contributed by atoms with van der Waals surface area (Å²) in [7, 11) is 0. The van der Waals surface area contributed by atoms with E-state index in [2.05, 4.69) is 15.1 Å². The number of piperazine rings is 2. The van der Waals surface area contributed by atoms with E-state index < -0.39 is 5.97 Å². The number of rotatable bonds is 10. The van der Waals surface area contributed by atoms with E-state index in [9.17, 15) is 19.2 Å². The van der Waals surface area contributed by atoms with Gasteiger partial charge in [-0.15, -0.1) is 0 Å². The lowest BCUT2D eigenvalue weighted by atomic mass is 10.1. The molecule has 0 bridgehead atoms. The van der Waals surface area contributed by atoms with Gasteiger partial charge in [0.15, 0.2) is 11.6 Å². The van der Waals surface area contributed by atoms with E-state index in [1.54, 1.807) is 48.5 Å². The van der Waals surface area contributed by atoms with Crippen LogP contribution in [0.3, 0.4) is 0 Å². The number of halogens is 2. The highest BCUT2D eigenvalue weighted by molar-refractivity contribution is 6.31. The fourth-order valence-electron chi connectivity index (χ4n) is 7.08. The number of ketones is 2. The van der Waals surface area contributed by atoms with E-state index in [1.807, 2.05) is 4.90 Å². The van der Waals surface area contributed by atoms with Crippen molar-refractivity contribution in [1.29, 1.82) is 0 Å². The second-order valence-corrected chi connectivity index (χ2v) is 14.2. The zero-order valence-corrected chi connectivity index (χ0v) is 30.1. The van der Waals surface area contributed by atoms with Crippen molar-refractivity contribution >= 4 is 46.6 Å². The Kier molecular flexibility index (Phi) is 16.5. The molecule has 1 amide bonds. The zero-order valence-electron chi connectivity index (χ0n) is 28.6. The van der Waals surface area contributed by atoms with E-state index in [0.717, 1.165) is 38.3 Å². The van der Waals surface area contributed by atoms with Gasteiger partial charge in [0.05, 0.1) is 6.42 Å². The Balaban J connectivity index is 0.000000183. The second kappa shape index (κ2) is 20.8. The van der Waals surface area contributed by atoms with Gasteiger partial charge in [-0.25, -0.2) is 0 Å². The molecule has 2 heterocycles. The molecule has 2 aliphatic heterocycles. The summed E-state index contributed by atoms with van der Waals surface area (Å²) in [5.74, 6) is -1.04. The SMILES string of the molecule is C1CCC(N2CCNCC2)C1.O=C(CCC(=O)N1CCN(C2CCCC2)CC1)c1ccc(Cl)cc1.O=C(O)CCC(=O)c1ccc(Cl)cc1. The van der Waals surface area contributed by atoms with Crippen LogP contribution in [0.15, 0.2) is 48.5 Å². The Morgan fingerprint density at radius 1 is 0.592 bits per heavy atom. The highest BCUT2D eigenvalue weighted by Crippen LogP contribution is 2.25. The third-order valence-electron chi connectivity index (χ3n) is 9.96. The summed E-state index contributed by atoms with van der Waals surface area (Å²) in [6.45, 7) is 8.51. The van der Waals surface area contributed by atoms with Gasteiger partial charge >= 0.3 is 5.97 Å². The van der Waals surface area contributed by atoms with Gasteiger partial charge in [-0.2, -0.15) is 0 Å². The average molecular weight is 716 g/mol. The maximum atomic E-state index is 12.4. The summed E-state index contributed by atoms with van der Waals surface area (Å²) in [6.07, 6.45) is 11.6. The van der Waals surface area contributed by atoms with Gasteiger partial charge < -0.3 is 15.3 Å². The van der Waals surface area contributed by atoms with Gasteiger partial charge in [-0.3, -0.25) is 29.0 Å². The van der Waals surface area contributed by atoms with E-state index in [-0.39, 0.29) is 36.7 Å². The molecule has 0 atom stereocenters. The molecule has 11 heteroatoms. The minimum Gasteiger partial charge on any atom is -0.481 e. The van der Waals surface area contributed by atoms with E-state index in [1.165, 1.54) is 77.5 Å². The van der Waals surface area contributed by atoms with Crippen LogP contribution in [-0.2, 0) is 9.59 Å². The minimum atomic E-state index is -0.965. The van der Waals surface area contributed by atoms with Crippen molar-refractivity contribution in [1.82, 2.24) is 20.0 Å². The summed E-state index contributed by atoms with van der Waals surface area (Å²) in [4.78, 5) is 53.2. The van der Waals surface area contributed by atoms with Gasteiger partial charge in [0.2, 0.25) is 5.91 Å². The Bertz CT molecular complexity index is 1330. The topological polar surface area (TPSA) is 110 Å². The third kappa shape index (κ3) is 13.4. The normalized spacial score (nSPS) is 19.0. The lowest BCUT2D eigenvalue weighted by Gasteiger charge is -2.38. The van der Waals surface area contributed by atoms with Gasteiger partial charge in [0, 0.05) is 105 Å². The van der Waals surface area contributed by atoms with Crippen LogP contribution < -0.4 is 5.32 Å². The highest BCUT2D eigenvalue weighted by atomic mass is 35.5. The number of hydrogen-bond acceptors (Lipinski definition) is 7. The molecule has 0 aromatic heterocycles. The number of carboxylic acids is 1. The van der Waals surface area contributed by atoms with Crippen molar-refractivity contribution in [3.8, 4) is 0 Å². The number of aliphatic carboxylic acids is 1. The average Bonchev–Trinajstić information content (AvgIpc) is 3.87. The fourth-order valence-corrected chi connectivity index (χ4v) is 7.33. The number of nitrogens with one attached hydrogen (secondary N) is 1. The monoisotopic (exact) mass is 714 g/mol. The van der Waals surface area contributed by atoms with Crippen LogP contribution in [0.4, 0.5) is 0 Å². The molecule has 2 aromatic rings. The minimum absolute atomic E-state index is 0.00427. The van der Waals surface area contributed by atoms with Crippen LogP contribution in [0.5, 0.6) is 0 Å². The molecule has 2 aliphatic carbocycles. The van der Waals surface area contributed by atoms with Crippen LogP contribution in [0.2, 0.25) is 10.0 Å². The standard InChI is InChI=1S/C19H25ClN2O2.C10H9ClO3.C9H18N2/c20-16-7-5-15(6-8-16)18(23)9-10-19(24)22-13-11-21(12-14-22)17-3-1-2-4-17;11-8-3-1-7(2-4-8)9(12)5-6-10(13)14;1-2-4-9(3-1)11-7-5-10-6-8-11/h5-8,17H,1-4,9-14H2;1-4H,5-6H2,(H,13,14);9-10H,1-8H2. The number of Topliss-reactive ketones (excluding diaryl/α,β-unsaturated/α-hetero) is 2. The Morgan fingerprint density at radius 3 is 1.43 bits per heavy atom.